The summed E-state index contributed by atoms with van der Waals surface area (Å²) in [5, 5.41) is 3.97. The zero-order chi connectivity index (χ0) is 17.5. The first-order valence-corrected chi connectivity index (χ1v) is 9.63. The van der Waals surface area contributed by atoms with E-state index in [-0.39, 0.29) is 17.9 Å². The smallest absolute Gasteiger partial charge is 0.260 e. The highest BCUT2D eigenvalue weighted by molar-refractivity contribution is 5.89. The molecule has 0 spiro atoms. The van der Waals surface area contributed by atoms with Gasteiger partial charge in [-0.15, -0.1) is 0 Å². The molecule has 3 heterocycles. The van der Waals surface area contributed by atoms with Gasteiger partial charge in [-0.3, -0.25) is 14.5 Å². The van der Waals surface area contributed by atoms with E-state index in [1.807, 2.05) is 18.2 Å². The monoisotopic (exact) mass is 352 g/mol. The Kier molecular flexibility index (Phi) is 4.06. The van der Waals surface area contributed by atoms with Crippen LogP contribution in [-0.2, 0) is 9.63 Å². The van der Waals surface area contributed by atoms with Crippen molar-refractivity contribution in [3.63, 3.8) is 0 Å². The van der Waals surface area contributed by atoms with Crippen molar-refractivity contribution in [3.8, 4) is 5.75 Å². The van der Waals surface area contributed by atoms with Crippen LogP contribution in [0, 0.1) is 5.92 Å². The van der Waals surface area contributed by atoms with E-state index in [2.05, 4.69) is 23.1 Å². The summed E-state index contributed by atoms with van der Waals surface area (Å²) in [5.41, 5.74) is 1.10. The average Bonchev–Trinajstić information content (AvgIpc) is 3.13. The van der Waals surface area contributed by atoms with Gasteiger partial charge in [-0.1, -0.05) is 36.8 Å². The Hall–Kier alpha value is -2.11. The van der Waals surface area contributed by atoms with Gasteiger partial charge in [0, 0.05) is 11.5 Å². The molecule has 0 saturated carbocycles. The van der Waals surface area contributed by atoms with Crippen molar-refractivity contribution >= 4 is 16.7 Å². The predicted octanol–water partition coefficient (Wildman–Crippen LogP) is 3.15. The summed E-state index contributed by atoms with van der Waals surface area (Å²) in [7, 11) is 0. The van der Waals surface area contributed by atoms with Crippen LogP contribution in [0.5, 0.6) is 5.75 Å². The SMILES string of the molecule is O=C(CN1CCCCC1)N1OC[C@H]2COc3ccc4ccccc4c3[C@@H]21. The van der Waals surface area contributed by atoms with Gasteiger partial charge in [0.2, 0.25) is 0 Å². The van der Waals surface area contributed by atoms with Crippen LogP contribution >= 0.6 is 0 Å². The van der Waals surface area contributed by atoms with Gasteiger partial charge in [0.1, 0.15) is 5.75 Å². The Bertz CT molecular complexity index is 831. The molecule has 5 rings (SSSR count). The molecule has 136 valence electrons. The molecule has 2 atom stereocenters. The first-order chi connectivity index (χ1) is 12.8. The van der Waals surface area contributed by atoms with Crippen molar-refractivity contribution in [3.05, 3.63) is 42.0 Å². The molecule has 0 N–H and O–H groups in total. The first kappa shape index (κ1) is 16.1. The summed E-state index contributed by atoms with van der Waals surface area (Å²) in [6, 6.07) is 12.4. The number of nitrogens with zero attached hydrogens (tertiary/aromatic N) is 2. The lowest BCUT2D eigenvalue weighted by Crippen LogP contribution is -2.42. The number of rotatable bonds is 2. The highest BCUT2D eigenvalue weighted by Crippen LogP contribution is 2.46. The number of amides is 1. The second-order valence-electron chi connectivity index (χ2n) is 7.57. The third-order valence-electron chi connectivity index (χ3n) is 5.86. The molecule has 2 fully saturated rings. The van der Waals surface area contributed by atoms with E-state index in [1.165, 1.54) is 24.6 Å². The molecule has 2 aromatic rings. The van der Waals surface area contributed by atoms with Crippen molar-refractivity contribution < 1.29 is 14.4 Å². The lowest BCUT2D eigenvalue weighted by molar-refractivity contribution is -0.178. The van der Waals surface area contributed by atoms with Crippen molar-refractivity contribution in [2.45, 2.75) is 25.3 Å². The molecule has 3 aliphatic rings. The molecular weight excluding hydrogens is 328 g/mol. The van der Waals surface area contributed by atoms with E-state index in [0.717, 1.165) is 29.8 Å². The molecule has 3 aliphatic heterocycles. The van der Waals surface area contributed by atoms with Crippen molar-refractivity contribution in [1.29, 1.82) is 0 Å². The number of ether oxygens (including phenoxy) is 1. The van der Waals surface area contributed by atoms with Gasteiger partial charge in [0.25, 0.3) is 5.91 Å². The van der Waals surface area contributed by atoms with Crippen LogP contribution in [0.1, 0.15) is 30.9 Å². The molecular formula is C21H24N2O3. The van der Waals surface area contributed by atoms with Crippen molar-refractivity contribution in [1.82, 2.24) is 9.96 Å². The summed E-state index contributed by atoms with van der Waals surface area (Å²) in [6.45, 7) is 3.61. The molecule has 5 heteroatoms. The molecule has 2 aromatic carbocycles. The van der Waals surface area contributed by atoms with Gasteiger partial charge in [0.15, 0.2) is 0 Å². The van der Waals surface area contributed by atoms with Crippen LogP contribution in [0.3, 0.4) is 0 Å². The van der Waals surface area contributed by atoms with Crippen LogP contribution in [0.15, 0.2) is 36.4 Å². The summed E-state index contributed by atoms with van der Waals surface area (Å²) in [4.78, 5) is 21.2. The van der Waals surface area contributed by atoms with E-state index >= 15 is 0 Å². The van der Waals surface area contributed by atoms with Crippen LogP contribution < -0.4 is 4.74 Å². The summed E-state index contributed by atoms with van der Waals surface area (Å²) < 4.78 is 6.00. The number of hydroxylamine groups is 2. The lowest BCUT2D eigenvalue weighted by atomic mass is 9.88. The Labute approximate surface area is 153 Å². The maximum absolute atomic E-state index is 13.0. The minimum atomic E-state index is -0.0536. The van der Waals surface area contributed by atoms with Gasteiger partial charge >= 0.3 is 0 Å². The number of likely N-dealkylation sites (tertiary alicyclic amines) is 1. The third kappa shape index (κ3) is 2.66. The molecule has 1 amide bonds. The number of hydrogen-bond donors (Lipinski definition) is 0. The molecule has 0 aliphatic carbocycles. The molecule has 5 nitrogen and oxygen atoms in total. The molecule has 0 radical (unpaired) electrons. The van der Waals surface area contributed by atoms with Crippen LogP contribution in [-0.4, -0.2) is 48.7 Å². The third-order valence-corrected chi connectivity index (χ3v) is 5.86. The second-order valence-corrected chi connectivity index (χ2v) is 7.57. The second kappa shape index (κ2) is 6.56. The number of hydrogen-bond acceptors (Lipinski definition) is 4. The molecule has 26 heavy (non-hydrogen) atoms. The highest BCUT2D eigenvalue weighted by Gasteiger charge is 2.45. The van der Waals surface area contributed by atoms with E-state index in [4.69, 9.17) is 9.57 Å². The summed E-state index contributed by atoms with van der Waals surface area (Å²) in [5.74, 6) is 1.14. The van der Waals surface area contributed by atoms with Gasteiger partial charge < -0.3 is 4.74 Å². The van der Waals surface area contributed by atoms with Crippen molar-refractivity contribution in [2.75, 3.05) is 32.8 Å². The molecule has 2 saturated heterocycles. The minimum Gasteiger partial charge on any atom is -0.493 e. The fourth-order valence-corrected chi connectivity index (χ4v) is 4.54. The number of piperidine rings is 1. The first-order valence-electron chi connectivity index (χ1n) is 9.63. The fourth-order valence-electron chi connectivity index (χ4n) is 4.54. The van der Waals surface area contributed by atoms with Crippen LogP contribution in [0.25, 0.3) is 10.8 Å². The predicted molar refractivity (Wildman–Crippen MR) is 98.8 cm³/mol. The molecule has 0 unspecified atom stereocenters. The molecule has 0 bridgehead atoms. The van der Waals surface area contributed by atoms with Gasteiger partial charge in [-0.05, 0) is 42.8 Å². The maximum Gasteiger partial charge on any atom is 0.260 e. The summed E-state index contributed by atoms with van der Waals surface area (Å²) >= 11 is 0. The quantitative estimate of drug-likeness (QED) is 0.833. The average molecular weight is 352 g/mol. The zero-order valence-electron chi connectivity index (χ0n) is 14.9. The van der Waals surface area contributed by atoms with Crippen LogP contribution in [0.2, 0.25) is 0 Å². The number of carbonyl (C=O) groups excluding carboxylic acids is 1. The highest BCUT2D eigenvalue weighted by atomic mass is 16.7. The van der Waals surface area contributed by atoms with E-state index in [9.17, 15) is 4.79 Å². The van der Waals surface area contributed by atoms with Gasteiger partial charge in [-0.2, -0.15) is 0 Å². The maximum atomic E-state index is 13.0. The standard InChI is InChI=1S/C21H24N2O3/c24-19(12-22-10-4-1-5-11-22)23-21-16(14-26-23)13-25-18-9-8-15-6-2-3-7-17(15)20(18)21/h2-3,6-9,16,21H,1,4-5,10-14H2/t16-,21-/m1/s1. The topological polar surface area (TPSA) is 42.0 Å². The van der Waals surface area contributed by atoms with E-state index in [1.54, 1.807) is 5.06 Å². The lowest BCUT2D eigenvalue weighted by Gasteiger charge is -2.34. The Balaban J connectivity index is 1.48. The zero-order valence-corrected chi connectivity index (χ0v) is 14.9. The normalized spacial score (nSPS) is 25.6. The van der Waals surface area contributed by atoms with Gasteiger partial charge in [0.05, 0.1) is 25.8 Å². The van der Waals surface area contributed by atoms with E-state index < -0.39 is 0 Å². The minimum absolute atomic E-state index is 0.0536. The Morgan fingerprint density at radius 3 is 2.77 bits per heavy atom. The van der Waals surface area contributed by atoms with Crippen molar-refractivity contribution in [2.24, 2.45) is 5.92 Å². The number of benzene rings is 2. The fraction of sp³-hybridized carbons (Fsp3) is 0.476. The van der Waals surface area contributed by atoms with E-state index in [0.29, 0.717) is 19.8 Å². The largest absolute Gasteiger partial charge is 0.493 e. The number of carbonyl (C=O) groups is 1. The Morgan fingerprint density at radius 2 is 1.88 bits per heavy atom. The summed E-state index contributed by atoms with van der Waals surface area (Å²) in [6.07, 6.45) is 3.63. The Morgan fingerprint density at radius 1 is 1.04 bits per heavy atom. The van der Waals surface area contributed by atoms with Crippen LogP contribution in [0.4, 0.5) is 0 Å². The van der Waals surface area contributed by atoms with Gasteiger partial charge in [-0.25, -0.2) is 5.06 Å². The molecule has 0 aromatic heterocycles. The number of fused-ring (bicyclic) bond motifs is 5.